The molecule has 0 spiro atoms. The molecule has 0 aliphatic carbocycles. The summed E-state index contributed by atoms with van der Waals surface area (Å²) < 4.78 is 21.7. The molecule has 0 saturated carbocycles. The van der Waals surface area contributed by atoms with Gasteiger partial charge in [0.15, 0.2) is 0 Å². The molecular formula is C26H30FN3O2. The van der Waals surface area contributed by atoms with Gasteiger partial charge in [-0.1, -0.05) is 31.2 Å². The molecule has 2 fully saturated rings. The van der Waals surface area contributed by atoms with E-state index in [1.54, 1.807) is 22.7 Å². The van der Waals surface area contributed by atoms with Crippen LogP contribution in [0.5, 0.6) is 0 Å². The molecule has 32 heavy (non-hydrogen) atoms. The van der Waals surface area contributed by atoms with Crippen molar-refractivity contribution in [3.8, 4) is 0 Å². The van der Waals surface area contributed by atoms with Crippen LogP contribution in [0.4, 0.5) is 4.39 Å². The van der Waals surface area contributed by atoms with Crippen LogP contribution in [0.2, 0.25) is 0 Å². The van der Waals surface area contributed by atoms with Crippen molar-refractivity contribution in [3.63, 3.8) is 0 Å². The second-order valence-corrected chi connectivity index (χ2v) is 8.99. The lowest BCUT2D eigenvalue weighted by Gasteiger charge is -2.39. The van der Waals surface area contributed by atoms with Crippen LogP contribution in [-0.4, -0.2) is 39.0 Å². The number of hydrogen-bond donors (Lipinski definition) is 0. The minimum absolute atomic E-state index is 0.0582. The molecule has 2 aromatic heterocycles. The molecule has 0 radical (unpaired) electrons. The fourth-order valence-electron chi connectivity index (χ4n) is 5.50. The zero-order valence-corrected chi connectivity index (χ0v) is 18.5. The van der Waals surface area contributed by atoms with Gasteiger partial charge in [0.05, 0.1) is 18.4 Å². The topological polar surface area (TPSA) is 46.8 Å². The van der Waals surface area contributed by atoms with Crippen molar-refractivity contribution in [1.82, 2.24) is 14.3 Å². The van der Waals surface area contributed by atoms with E-state index in [1.807, 2.05) is 24.3 Å². The highest BCUT2D eigenvalue weighted by Gasteiger charge is 2.40. The van der Waals surface area contributed by atoms with Crippen LogP contribution in [0, 0.1) is 5.82 Å². The molecular weight excluding hydrogens is 405 g/mol. The number of nitrogens with zero attached hydrogens (tertiary/aromatic N) is 3. The molecule has 2 bridgehead atoms. The van der Waals surface area contributed by atoms with Gasteiger partial charge in [0.1, 0.15) is 11.5 Å². The second kappa shape index (κ2) is 9.12. The van der Waals surface area contributed by atoms with Gasteiger partial charge in [-0.25, -0.2) is 9.37 Å². The van der Waals surface area contributed by atoms with E-state index in [-0.39, 0.29) is 17.5 Å². The summed E-state index contributed by atoms with van der Waals surface area (Å²) in [6, 6.07) is 13.5. The highest BCUT2D eigenvalue weighted by atomic mass is 19.1. The van der Waals surface area contributed by atoms with Gasteiger partial charge in [-0.3, -0.25) is 14.1 Å². The number of ether oxygens (including phenoxy) is 1. The maximum Gasteiger partial charge on any atom is 0.261 e. The average Bonchev–Trinajstić information content (AvgIpc) is 3.05. The van der Waals surface area contributed by atoms with Gasteiger partial charge < -0.3 is 4.74 Å². The van der Waals surface area contributed by atoms with Gasteiger partial charge >= 0.3 is 0 Å². The fraction of sp³-hybridized carbons (Fsp3) is 0.462. The Bertz CT molecular complexity index is 1150. The van der Waals surface area contributed by atoms with Crippen molar-refractivity contribution in [2.75, 3.05) is 6.54 Å². The number of piperidine rings is 1. The fourth-order valence-corrected chi connectivity index (χ4v) is 5.50. The lowest BCUT2D eigenvalue weighted by atomic mass is 9.98. The summed E-state index contributed by atoms with van der Waals surface area (Å²) in [4.78, 5) is 20.4. The molecule has 0 amide bonds. The van der Waals surface area contributed by atoms with Crippen molar-refractivity contribution < 1.29 is 9.13 Å². The summed E-state index contributed by atoms with van der Waals surface area (Å²) in [6.45, 7) is 3.27. The highest BCUT2D eigenvalue weighted by molar-refractivity contribution is 5.40. The summed E-state index contributed by atoms with van der Waals surface area (Å²) in [7, 11) is 0. The number of rotatable bonds is 7. The normalized spacial score (nSPS) is 23.1. The molecule has 2 aliphatic rings. The minimum atomic E-state index is -0.199. The van der Waals surface area contributed by atoms with E-state index in [9.17, 15) is 9.18 Å². The number of hydrogen-bond acceptors (Lipinski definition) is 4. The van der Waals surface area contributed by atoms with Crippen LogP contribution in [0.25, 0.3) is 5.65 Å². The van der Waals surface area contributed by atoms with Crippen molar-refractivity contribution in [1.29, 1.82) is 0 Å². The third-order valence-electron chi connectivity index (χ3n) is 7.14. The Morgan fingerprint density at radius 3 is 2.59 bits per heavy atom. The lowest BCUT2D eigenvalue weighted by Crippen LogP contribution is -2.46. The zero-order chi connectivity index (χ0) is 22.1. The van der Waals surface area contributed by atoms with E-state index in [1.165, 1.54) is 18.9 Å². The molecule has 6 heteroatoms. The van der Waals surface area contributed by atoms with E-state index in [0.717, 1.165) is 43.5 Å². The first-order valence-electron chi connectivity index (χ1n) is 11.7. The van der Waals surface area contributed by atoms with Crippen LogP contribution < -0.4 is 5.56 Å². The van der Waals surface area contributed by atoms with E-state index >= 15 is 0 Å². The van der Waals surface area contributed by atoms with Crippen molar-refractivity contribution in [2.45, 2.75) is 70.2 Å². The minimum Gasteiger partial charge on any atom is -0.373 e. The van der Waals surface area contributed by atoms with E-state index in [0.29, 0.717) is 29.9 Å². The van der Waals surface area contributed by atoms with Crippen LogP contribution in [0.15, 0.2) is 53.5 Å². The number of aryl methyl sites for hydroxylation is 1. The number of benzene rings is 1. The monoisotopic (exact) mass is 435 g/mol. The molecule has 0 N–H and O–H groups in total. The molecule has 4 heterocycles. The first-order valence-corrected chi connectivity index (χ1v) is 11.7. The summed E-state index contributed by atoms with van der Waals surface area (Å²) in [6.07, 6.45) is 7.73. The van der Waals surface area contributed by atoms with Crippen LogP contribution in [0.3, 0.4) is 0 Å². The van der Waals surface area contributed by atoms with Gasteiger partial charge in [-0.2, -0.15) is 0 Å². The Morgan fingerprint density at radius 2 is 1.84 bits per heavy atom. The van der Waals surface area contributed by atoms with Gasteiger partial charge in [-0.05, 0) is 56.7 Å². The van der Waals surface area contributed by atoms with Crippen LogP contribution >= 0.6 is 0 Å². The quantitative estimate of drug-likeness (QED) is 0.559. The Morgan fingerprint density at radius 1 is 1.09 bits per heavy atom. The SMILES string of the molecule is CCc1nc2ccccn2c(=O)c1CCN1C2CCC1CC(OCc1ccccc1F)C2. The van der Waals surface area contributed by atoms with Gasteiger partial charge in [-0.15, -0.1) is 0 Å². The molecule has 2 saturated heterocycles. The summed E-state index contributed by atoms with van der Waals surface area (Å²) in [5.74, 6) is -0.199. The molecule has 1 aromatic carbocycles. The second-order valence-electron chi connectivity index (χ2n) is 8.99. The summed E-state index contributed by atoms with van der Waals surface area (Å²) in [5, 5.41) is 0. The summed E-state index contributed by atoms with van der Waals surface area (Å²) >= 11 is 0. The Balaban J connectivity index is 1.25. The number of aromatic nitrogens is 2. The van der Waals surface area contributed by atoms with Crippen molar-refractivity contribution in [3.05, 3.63) is 81.7 Å². The highest BCUT2D eigenvalue weighted by Crippen LogP contribution is 2.37. The number of pyridine rings is 1. The number of fused-ring (bicyclic) bond motifs is 3. The van der Waals surface area contributed by atoms with Crippen molar-refractivity contribution in [2.24, 2.45) is 0 Å². The van der Waals surface area contributed by atoms with E-state index < -0.39 is 0 Å². The smallest absolute Gasteiger partial charge is 0.261 e. The van der Waals surface area contributed by atoms with Gasteiger partial charge in [0.25, 0.3) is 5.56 Å². The van der Waals surface area contributed by atoms with Crippen LogP contribution in [-0.2, 0) is 24.2 Å². The van der Waals surface area contributed by atoms with E-state index in [2.05, 4.69) is 11.8 Å². The standard InChI is InChI=1S/C26H30FN3O2/c1-2-24-22(26(31)30-13-6-5-9-25(30)28-24)12-14-29-19-10-11-20(29)16-21(15-19)32-17-18-7-3-4-8-23(18)27/h3-9,13,19-21H,2,10-12,14-17H2,1H3. The van der Waals surface area contributed by atoms with Crippen LogP contribution in [0.1, 0.15) is 49.4 Å². The Labute approximate surface area is 187 Å². The van der Waals surface area contributed by atoms with Crippen molar-refractivity contribution >= 4 is 5.65 Å². The van der Waals surface area contributed by atoms with Gasteiger partial charge in [0.2, 0.25) is 0 Å². The molecule has 2 unspecified atom stereocenters. The molecule has 5 rings (SSSR count). The Hall–Kier alpha value is -2.57. The largest absolute Gasteiger partial charge is 0.373 e. The third kappa shape index (κ3) is 4.09. The van der Waals surface area contributed by atoms with E-state index in [4.69, 9.17) is 9.72 Å². The summed E-state index contributed by atoms with van der Waals surface area (Å²) in [5.41, 5.74) is 3.15. The Kier molecular flexibility index (Phi) is 6.07. The van der Waals surface area contributed by atoms with Gasteiger partial charge in [0, 0.05) is 36.0 Å². The predicted octanol–water partition coefficient (Wildman–Crippen LogP) is 4.15. The molecule has 2 atom stereocenters. The first kappa shape index (κ1) is 21.3. The molecule has 5 nitrogen and oxygen atoms in total. The first-order chi connectivity index (χ1) is 15.6. The lowest BCUT2D eigenvalue weighted by molar-refractivity contribution is -0.0286. The molecule has 168 valence electrons. The molecule has 2 aliphatic heterocycles. The average molecular weight is 436 g/mol. The predicted molar refractivity (Wildman–Crippen MR) is 122 cm³/mol. The number of halogens is 1. The molecule has 3 aromatic rings. The third-order valence-corrected chi connectivity index (χ3v) is 7.14. The maximum absolute atomic E-state index is 13.9. The zero-order valence-electron chi connectivity index (χ0n) is 18.5. The maximum atomic E-state index is 13.9.